The minimum atomic E-state index is -0.328. The molecule has 178 valence electrons. The summed E-state index contributed by atoms with van der Waals surface area (Å²) in [6, 6.07) is 12.8. The third-order valence-electron chi connectivity index (χ3n) is 6.28. The van der Waals surface area contributed by atoms with Crippen molar-refractivity contribution < 1.29 is 9.53 Å². The van der Waals surface area contributed by atoms with Crippen molar-refractivity contribution in [1.29, 1.82) is 0 Å². The number of carbonyl (C=O) groups is 1. The normalized spacial score (nSPS) is 15.2. The maximum absolute atomic E-state index is 11.6. The van der Waals surface area contributed by atoms with Crippen molar-refractivity contribution in [3.8, 4) is 11.3 Å². The molecular formula is C25H27Cl2N5O2. The zero-order chi connectivity index (χ0) is 24.3. The SMILES string of the molecule is COC(=O)c1ccc(CNC2(C)CCN(c3cnc(-c4cccc(Cl)c4Cl)c(N)n3)CC2)cc1. The summed E-state index contributed by atoms with van der Waals surface area (Å²) >= 11 is 12.5. The minimum absolute atomic E-state index is 0.00918. The Morgan fingerprint density at radius 2 is 1.88 bits per heavy atom. The van der Waals surface area contributed by atoms with E-state index in [1.807, 2.05) is 24.3 Å². The third kappa shape index (κ3) is 5.27. The molecule has 3 N–H and O–H groups in total. The molecule has 34 heavy (non-hydrogen) atoms. The second kappa shape index (κ2) is 10.2. The number of piperidine rings is 1. The van der Waals surface area contributed by atoms with Gasteiger partial charge in [-0.25, -0.2) is 14.8 Å². The lowest BCUT2D eigenvalue weighted by atomic mass is 9.89. The number of aromatic nitrogens is 2. The van der Waals surface area contributed by atoms with Gasteiger partial charge in [-0.15, -0.1) is 0 Å². The molecule has 0 radical (unpaired) electrons. The van der Waals surface area contributed by atoms with E-state index in [1.165, 1.54) is 7.11 Å². The van der Waals surface area contributed by atoms with Gasteiger partial charge in [-0.3, -0.25) is 0 Å². The minimum Gasteiger partial charge on any atom is -0.465 e. The topological polar surface area (TPSA) is 93.4 Å². The molecule has 1 aliphatic rings. The first kappa shape index (κ1) is 24.3. The van der Waals surface area contributed by atoms with Gasteiger partial charge in [0.1, 0.15) is 11.5 Å². The molecule has 1 aliphatic heterocycles. The monoisotopic (exact) mass is 499 g/mol. The Bertz CT molecular complexity index is 1180. The van der Waals surface area contributed by atoms with Gasteiger partial charge in [0.25, 0.3) is 0 Å². The summed E-state index contributed by atoms with van der Waals surface area (Å²) in [6.07, 6.45) is 3.62. The average Bonchev–Trinajstić information content (AvgIpc) is 2.85. The number of methoxy groups -OCH3 is 1. The smallest absolute Gasteiger partial charge is 0.337 e. The van der Waals surface area contributed by atoms with Gasteiger partial charge in [0.05, 0.1) is 28.9 Å². The maximum Gasteiger partial charge on any atom is 0.337 e. The number of hydrogen-bond acceptors (Lipinski definition) is 7. The van der Waals surface area contributed by atoms with Gasteiger partial charge in [-0.1, -0.05) is 47.5 Å². The number of hydrogen-bond donors (Lipinski definition) is 2. The lowest BCUT2D eigenvalue weighted by Gasteiger charge is -2.40. The molecule has 3 aromatic rings. The molecule has 0 saturated carbocycles. The first-order valence-electron chi connectivity index (χ1n) is 11.0. The molecule has 0 bridgehead atoms. The number of nitrogens with two attached hydrogens (primary N) is 1. The van der Waals surface area contributed by atoms with E-state index in [4.69, 9.17) is 33.7 Å². The standard InChI is InChI=1S/C25H27Cl2N5O2/c1-25(30-14-16-6-8-17(9-7-16)24(33)34-2)10-12-32(13-11-25)20-15-29-22(23(28)31-20)18-4-3-5-19(26)21(18)27/h3-9,15,30H,10-14H2,1-2H3,(H2,28,31). The summed E-state index contributed by atoms with van der Waals surface area (Å²) in [6.45, 7) is 4.61. The maximum atomic E-state index is 11.6. The zero-order valence-corrected chi connectivity index (χ0v) is 20.7. The number of carbonyl (C=O) groups excluding carboxylic acids is 1. The van der Waals surface area contributed by atoms with Crippen LogP contribution in [0.15, 0.2) is 48.7 Å². The quantitative estimate of drug-likeness (QED) is 0.462. The van der Waals surface area contributed by atoms with Crippen LogP contribution in [0.3, 0.4) is 0 Å². The first-order valence-corrected chi connectivity index (χ1v) is 11.8. The molecule has 1 aromatic heterocycles. The van der Waals surface area contributed by atoms with Gasteiger partial charge in [0.2, 0.25) is 0 Å². The summed E-state index contributed by atoms with van der Waals surface area (Å²) in [5, 5.41) is 4.54. The molecule has 0 aliphatic carbocycles. The molecule has 0 atom stereocenters. The van der Waals surface area contributed by atoms with E-state index in [-0.39, 0.29) is 11.5 Å². The van der Waals surface area contributed by atoms with Gasteiger partial charge in [-0.2, -0.15) is 0 Å². The van der Waals surface area contributed by atoms with Crippen molar-refractivity contribution in [3.63, 3.8) is 0 Å². The summed E-state index contributed by atoms with van der Waals surface area (Å²) in [4.78, 5) is 22.9. The Morgan fingerprint density at radius 3 is 2.53 bits per heavy atom. The molecule has 0 amide bonds. The van der Waals surface area contributed by atoms with Gasteiger partial charge in [0, 0.05) is 30.7 Å². The fourth-order valence-corrected chi connectivity index (χ4v) is 4.43. The van der Waals surface area contributed by atoms with Crippen molar-refractivity contribution in [2.45, 2.75) is 31.8 Å². The highest BCUT2D eigenvalue weighted by atomic mass is 35.5. The summed E-state index contributed by atoms with van der Waals surface area (Å²) in [5.41, 5.74) is 9.09. The van der Waals surface area contributed by atoms with Crippen LogP contribution >= 0.6 is 23.2 Å². The molecule has 0 unspecified atom stereocenters. The number of ether oxygens (including phenoxy) is 1. The lowest BCUT2D eigenvalue weighted by Crippen LogP contribution is -2.51. The van der Waals surface area contributed by atoms with E-state index in [9.17, 15) is 4.79 Å². The molecule has 4 rings (SSSR count). The average molecular weight is 500 g/mol. The van der Waals surface area contributed by atoms with Crippen LogP contribution in [0.4, 0.5) is 11.6 Å². The second-order valence-electron chi connectivity index (χ2n) is 8.65. The fourth-order valence-electron chi connectivity index (χ4n) is 4.04. The Kier molecular flexibility index (Phi) is 7.26. The van der Waals surface area contributed by atoms with Crippen LogP contribution in [-0.2, 0) is 11.3 Å². The summed E-state index contributed by atoms with van der Waals surface area (Å²) in [7, 11) is 1.38. The van der Waals surface area contributed by atoms with E-state index in [1.54, 1.807) is 24.4 Å². The number of anilines is 2. The number of rotatable bonds is 6. The van der Waals surface area contributed by atoms with Crippen LogP contribution in [-0.4, -0.2) is 41.7 Å². The van der Waals surface area contributed by atoms with Crippen LogP contribution in [0, 0.1) is 0 Å². The first-order chi connectivity index (χ1) is 16.3. The Labute approximate surface area is 209 Å². The Morgan fingerprint density at radius 1 is 1.18 bits per heavy atom. The molecule has 2 aromatic carbocycles. The molecule has 1 saturated heterocycles. The third-order valence-corrected chi connectivity index (χ3v) is 7.10. The number of nitrogens with one attached hydrogen (secondary N) is 1. The van der Waals surface area contributed by atoms with Crippen LogP contribution in [0.25, 0.3) is 11.3 Å². The van der Waals surface area contributed by atoms with E-state index in [0.29, 0.717) is 32.7 Å². The predicted octanol–water partition coefficient (Wildman–Crippen LogP) is 4.97. The Hall–Kier alpha value is -2.87. The van der Waals surface area contributed by atoms with Crippen molar-refractivity contribution in [2.75, 3.05) is 30.8 Å². The van der Waals surface area contributed by atoms with Crippen molar-refractivity contribution in [3.05, 3.63) is 69.8 Å². The molecule has 2 heterocycles. The lowest BCUT2D eigenvalue weighted by molar-refractivity contribution is 0.0600. The Balaban J connectivity index is 1.37. The van der Waals surface area contributed by atoms with E-state index in [0.717, 1.165) is 43.9 Å². The molecule has 0 spiro atoms. The fraction of sp³-hybridized carbons (Fsp3) is 0.320. The van der Waals surface area contributed by atoms with Crippen molar-refractivity contribution in [2.24, 2.45) is 0 Å². The van der Waals surface area contributed by atoms with Crippen LogP contribution in [0.1, 0.15) is 35.7 Å². The van der Waals surface area contributed by atoms with Crippen LogP contribution in [0.5, 0.6) is 0 Å². The van der Waals surface area contributed by atoms with Crippen LogP contribution in [0.2, 0.25) is 10.0 Å². The van der Waals surface area contributed by atoms with Crippen molar-refractivity contribution in [1.82, 2.24) is 15.3 Å². The highest BCUT2D eigenvalue weighted by molar-refractivity contribution is 6.43. The predicted molar refractivity (Wildman–Crippen MR) is 136 cm³/mol. The van der Waals surface area contributed by atoms with E-state index >= 15 is 0 Å². The molecule has 7 nitrogen and oxygen atoms in total. The highest BCUT2D eigenvalue weighted by Gasteiger charge is 2.30. The van der Waals surface area contributed by atoms with Gasteiger partial charge >= 0.3 is 5.97 Å². The number of nitrogens with zero attached hydrogens (tertiary/aromatic N) is 3. The molecule has 1 fully saturated rings. The summed E-state index contributed by atoms with van der Waals surface area (Å²) < 4.78 is 4.75. The molecule has 9 heteroatoms. The number of halogens is 2. The van der Waals surface area contributed by atoms with E-state index < -0.39 is 0 Å². The summed E-state index contributed by atoms with van der Waals surface area (Å²) in [5.74, 6) is 0.745. The van der Waals surface area contributed by atoms with Gasteiger partial charge in [-0.05, 0) is 43.5 Å². The van der Waals surface area contributed by atoms with Crippen molar-refractivity contribution >= 4 is 40.8 Å². The van der Waals surface area contributed by atoms with Gasteiger partial charge in [0.15, 0.2) is 5.82 Å². The molecular weight excluding hydrogens is 473 g/mol. The largest absolute Gasteiger partial charge is 0.465 e. The zero-order valence-electron chi connectivity index (χ0n) is 19.1. The highest BCUT2D eigenvalue weighted by Crippen LogP contribution is 2.35. The number of nitrogen functional groups attached to an aromatic ring is 1. The van der Waals surface area contributed by atoms with Gasteiger partial charge < -0.3 is 20.7 Å². The van der Waals surface area contributed by atoms with Crippen LogP contribution < -0.4 is 16.0 Å². The second-order valence-corrected chi connectivity index (χ2v) is 9.44. The number of benzene rings is 2. The number of esters is 1. The van der Waals surface area contributed by atoms with E-state index in [2.05, 4.69) is 27.1 Å².